The van der Waals surface area contributed by atoms with Crippen molar-refractivity contribution in [3.05, 3.63) is 46.6 Å². The van der Waals surface area contributed by atoms with Crippen LogP contribution in [0.4, 0.5) is 0 Å². The molecule has 0 saturated heterocycles. The molecule has 0 atom stereocenters. The van der Waals surface area contributed by atoms with Crippen LogP contribution in [0, 0.1) is 0 Å². The van der Waals surface area contributed by atoms with E-state index in [0.717, 1.165) is 6.07 Å². The Hall–Kier alpha value is -2.15. The Morgan fingerprint density at radius 1 is 1.04 bits per heavy atom. The first-order chi connectivity index (χ1) is 10.5. The molecule has 0 radical (unpaired) electrons. The summed E-state index contributed by atoms with van der Waals surface area (Å²) in [7, 11) is 1.52. The van der Waals surface area contributed by atoms with Crippen LogP contribution in [0.2, 0.25) is 0 Å². The van der Waals surface area contributed by atoms with Crippen LogP contribution in [-0.4, -0.2) is 22.4 Å². The number of ether oxygens (including phenoxy) is 1. The maximum atomic E-state index is 12.2. The fourth-order valence-corrected chi connectivity index (χ4v) is 2.21. The molecule has 2 aromatic carbocycles. The molecule has 6 nitrogen and oxygen atoms in total. The summed E-state index contributed by atoms with van der Waals surface area (Å²) in [6, 6.07) is 8.74. The van der Waals surface area contributed by atoms with Crippen LogP contribution < -0.4 is 39.7 Å². The Morgan fingerprint density at radius 3 is 2.30 bits per heavy atom. The van der Waals surface area contributed by atoms with E-state index in [-0.39, 0.29) is 52.0 Å². The fourth-order valence-electron chi connectivity index (χ4n) is 2.21. The third-order valence-electron chi connectivity index (χ3n) is 3.29. The maximum absolute atomic E-state index is 12.2. The molecule has 0 aliphatic heterocycles. The van der Waals surface area contributed by atoms with E-state index in [1.165, 1.54) is 13.2 Å². The van der Waals surface area contributed by atoms with Crippen molar-refractivity contribution < 1.29 is 54.0 Å². The molecule has 0 aliphatic rings. The van der Waals surface area contributed by atoms with Gasteiger partial charge in [0.25, 0.3) is 0 Å². The van der Waals surface area contributed by atoms with Gasteiger partial charge in [-0.05, 0) is 24.3 Å². The van der Waals surface area contributed by atoms with Crippen LogP contribution in [0.1, 0.15) is 0 Å². The van der Waals surface area contributed by atoms with Gasteiger partial charge in [0.1, 0.15) is 28.2 Å². The standard InChI is InChI=1S/C16H12O6.Na/c1-21-10-4-2-8(3-5-10)16-15(20)14(19)13-11(18)6-9(17)7-12(13)22-16;/h2-7,17-18,20H,1H3;/q;+1. The number of phenols is 2. The van der Waals surface area contributed by atoms with Crippen molar-refractivity contribution in [2.45, 2.75) is 0 Å². The Kier molecular flexibility index (Phi) is 4.89. The summed E-state index contributed by atoms with van der Waals surface area (Å²) < 4.78 is 10.5. The number of hydrogen-bond acceptors (Lipinski definition) is 6. The zero-order valence-corrected chi connectivity index (χ0v) is 14.5. The normalized spacial score (nSPS) is 10.3. The Balaban J connectivity index is 0.00000192. The molecule has 23 heavy (non-hydrogen) atoms. The number of methoxy groups -OCH3 is 1. The van der Waals surface area contributed by atoms with Crippen LogP contribution in [-0.2, 0) is 0 Å². The molecule has 3 aromatic rings. The first kappa shape index (κ1) is 17.2. The van der Waals surface area contributed by atoms with E-state index in [4.69, 9.17) is 9.15 Å². The summed E-state index contributed by atoms with van der Waals surface area (Å²) in [5.74, 6) is -0.759. The molecule has 0 bridgehead atoms. The molecule has 0 saturated carbocycles. The van der Waals surface area contributed by atoms with Gasteiger partial charge in [-0.3, -0.25) is 4.79 Å². The van der Waals surface area contributed by atoms with Crippen LogP contribution in [0.3, 0.4) is 0 Å². The van der Waals surface area contributed by atoms with Gasteiger partial charge in [0, 0.05) is 17.7 Å². The van der Waals surface area contributed by atoms with Crippen LogP contribution >= 0.6 is 0 Å². The van der Waals surface area contributed by atoms with Gasteiger partial charge in [-0.1, -0.05) is 0 Å². The van der Waals surface area contributed by atoms with E-state index < -0.39 is 16.9 Å². The minimum atomic E-state index is -0.774. The number of aromatic hydroxyl groups is 3. The Morgan fingerprint density at radius 2 is 1.70 bits per heavy atom. The van der Waals surface area contributed by atoms with Gasteiger partial charge in [-0.2, -0.15) is 0 Å². The molecule has 0 fully saturated rings. The van der Waals surface area contributed by atoms with Crippen molar-refractivity contribution in [3.8, 4) is 34.3 Å². The molecule has 112 valence electrons. The number of benzene rings is 2. The number of fused-ring (bicyclic) bond motifs is 1. The summed E-state index contributed by atoms with van der Waals surface area (Å²) in [5, 5.41) is 29.1. The van der Waals surface area contributed by atoms with Crippen molar-refractivity contribution in [1.82, 2.24) is 0 Å². The van der Waals surface area contributed by atoms with E-state index in [2.05, 4.69) is 0 Å². The largest absolute Gasteiger partial charge is 1.00 e. The number of phenolic OH excluding ortho intramolecular Hbond substituents is 2. The predicted octanol–water partition coefficient (Wildman–Crippen LogP) is -0.411. The van der Waals surface area contributed by atoms with E-state index >= 15 is 0 Å². The van der Waals surface area contributed by atoms with Gasteiger partial charge in [0.2, 0.25) is 11.2 Å². The van der Waals surface area contributed by atoms with E-state index in [0.29, 0.717) is 11.3 Å². The molecule has 0 spiro atoms. The third kappa shape index (κ3) is 3.01. The van der Waals surface area contributed by atoms with Crippen molar-refractivity contribution >= 4 is 11.0 Å². The third-order valence-corrected chi connectivity index (χ3v) is 3.29. The van der Waals surface area contributed by atoms with Crippen LogP contribution in [0.15, 0.2) is 45.6 Å². The summed E-state index contributed by atoms with van der Waals surface area (Å²) in [6.45, 7) is 0. The summed E-state index contributed by atoms with van der Waals surface area (Å²) in [6.07, 6.45) is 0. The van der Waals surface area contributed by atoms with Crippen LogP contribution in [0.25, 0.3) is 22.3 Å². The topological polar surface area (TPSA) is 100 Å². The van der Waals surface area contributed by atoms with E-state index in [1.54, 1.807) is 24.3 Å². The second-order valence-electron chi connectivity index (χ2n) is 4.68. The number of rotatable bonds is 2. The second-order valence-corrected chi connectivity index (χ2v) is 4.68. The van der Waals surface area contributed by atoms with Crippen LogP contribution in [0.5, 0.6) is 23.0 Å². The summed E-state index contributed by atoms with van der Waals surface area (Å²) in [5.41, 5.74) is -0.337. The molecule has 3 N–H and O–H groups in total. The zero-order valence-electron chi connectivity index (χ0n) is 12.5. The molecule has 3 rings (SSSR count). The first-order valence-electron chi connectivity index (χ1n) is 6.37. The average molecular weight is 323 g/mol. The second kappa shape index (κ2) is 6.54. The zero-order chi connectivity index (χ0) is 15.9. The molecule has 7 heteroatoms. The fraction of sp³-hybridized carbons (Fsp3) is 0.0625. The summed E-state index contributed by atoms with van der Waals surface area (Å²) >= 11 is 0. The monoisotopic (exact) mass is 323 g/mol. The minimum Gasteiger partial charge on any atom is -0.508 e. The van der Waals surface area contributed by atoms with Crippen molar-refractivity contribution in [1.29, 1.82) is 0 Å². The summed E-state index contributed by atoms with van der Waals surface area (Å²) in [4.78, 5) is 12.2. The molecule has 1 aromatic heterocycles. The Labute approximate surface area is 152 Å². The SMILES string of the molecule is COc1ccc(-c2oc3cc(O)cc(O)c3c(=O)c2O)cc1.[Na+]. The van der Waals surface area contributed by atoms with Gasteiger partial charge in [0.05, 0.1) is 7.11 Å². The molecule has 0 unspecified atom stereocenters. The predicted molar refractivity (Wildman–Crippen MR) is 79.5 cm³/mol. The van der Waals surface area contributed by atoms with Crippen molar-refractivity contribution in [3.63, 3.8) is 0 Å². The van der Waals surface area contributed by atoms with Crippen molar-refractivity contribution in [2.75, 3.05) is 7.11 Å². The maximum Gasteiger partial charge on any atom is 1.00 e. The molecule has 1 heterocycles. The van der Waals surface area contributed by atoms with Gasteiger partial charge >= 0.3 is 29.6 Å². The quantitative estimate of drug-likeness (QED) is 0.555. The molecule has 0 aliphatic carbocycles. The first-order valence-corrected chi connectivity index (χ1v) is 6.37. The Bertz CT molecular complexity index is 914. The van der Waals surface area contributed by atoms with Gasteiger partial charge < -0.3 is 24.5 Å². The molecule has 0 amide bonds. The van der Waals surface area contributed by atoms with Crippen molar-refractivity contribution in [2.24, 2.45) is 0 Å². The molecular formula is C16H12NaO6+. The molecular weight excluding hydrogens is 311 g/mol. The van der Waals surface area contributed by atoms with Gasteiger partial charge in [-0.25, -0.2) is 0 Å². The average Bonchev–Trinajstić information content (AvgIpc) is 2.50. The smallest absolute Gasteiger partial charge is 0.508 e. The van der Waals surface area contributed by atoms with E-state index in [1.807, 2.05) is 0 Å². The van der Waals surface area contributed by atoms with Gasteiger partial charge in [0.15, 0.2) is 5.76 Å². The number of hydrogen-bond donors (Lipinski definition) is 3. The minimum absolute atomic E-state index is 0. The van der Waals surface area contributed by atoms with Gasteiger partial charge in [-0.15, -0.1) is 0 Å². The van der Waals surface area contributed by atoms with E-state index in [9.17, 15) is 20.1 Å².